The number of rotatable bonds is 8. The van der Waals surface area contributed by atoms with Gasteiger partial charge >= 0.3 is 6.09 Å². The summed E-state index contributed by atoms with van der Waals surface area (Å²) in [4.78, 5) is 16.4. The van der Waals surface area contributed by atoms with Crippen LogP contribution in [0.4, 0.5) is 10.6 Å². The first kappa shape index (κ1) is 20.5. The smallest absolute Gasteiger partial charge is 0.412 e. The fourth-order valence-corrected chi connectivity index (χ4v) is 3.01. The van der Waals surface area contributed by atoms with Crippen molar-refractivity contribution < 1.29 is 9.53 Å². The third-order valence-corrected chi connectivity index (χ3v) is 4.53. The topological polar surface area (TPSA) is 69.0 Å². The van der Waals surface area contributed by atoms with E-state index in [0.29, 0.717) is 39.9 Å². The first-order valence-electron chi connectivity index (χ1n) is 8.76. The highest BCUT2D eigenvalue weighted by Gasteiger charge is 2.16. The van der Waals surface area contributed by atoms with Crippen molar-refractivity contribution in [2.75, 3.05) is 11.9 Å². The summed E-state index contributed by atoms with van der Waals surface area (Å²) in [5.74, 6) is 1.19. The third-order valence-electron chi connectivity index (χ3n) is 4.04. The fraction of sp³-hybridized carbons (Fsp3) is 0.500. The van der Waals surface area contributed by atoms with Gasteiger partial charge in [-0.2, -0.15) is 9.78 Å². The van der Waals surface area contributed by atoms with E-state index in [0.717, 1.165) is 25.7 Å². The lowest BCUT2D eigenvalue weighted by molar-refractivity contribution is 0.136. The molecular weight excluding hydrogens is 375 g/mol. The molecule has 0 saturated carbocycles. The van der Waals surface area contributed by atoms with Crippen molar-refractivity contribution in [3.63, 3.8) is 0 Å². The summed E-state index contributed by atoms with van der Waals surface area (Å²) in [5, 5.41) is 7.81. The van der Waals surface area contributed by atoms with Crippen molar-refractivity contribution in [1.29, 1.82) is 0 Å². The molecule has 0 fully saturated rings. The number of ether oxygens (including phenoxy) is 1. The lowest BCUT2D eigenvalue weighted by atomic mass is 10.0. The van der Waals surface area contributed by atoms with E-state index in [1.807, 2.05) is 6.92 Å². The Morgan fingerprint density at radius 2 is 2.12 bits per heavy atom. The molecule has 6 nitrogen and oxygen atoms in total. The Morgan fingerprint density at radius 3 is 2.77 bits per heavy atom. The first-order chi connectivity index (χ1) is 12.4. The molecule has 0 bridgehead atoms. The van der Waals surface area contributed by atoms with Gasteiger partial charge in [0.05, 0.1) is 22.3 Å². The van der Waals surface area contributed by atoms with Crippen molar-refractivity contribution in [2.24, 2.45) is 5.92 Å². The first-order valence-corrected chi connectivity index (χ1v) is 9.52. The number of aromatic nitrogens is 3. The molecule has 1 N–H and O–H groups in total. The molecule has 8 heteroatoms. The van der Waals surface area contributed by atoms with E-state index in [1.165, 1.54) is 10.9 Å². The predicted octanol–water partition coefficient (Wildman–Crippen LogP) is 5.65. The number of nitrogens with zero attached hydrogens (tertiary/aromatic N) is 3. The van der Waals surface area contributed by atoms with Gasteiger partial charge in [-0.25, -0.2) is 9.78 Å². The second-order valence-electron chi connectivity index (χ2n) is 6.18. The number of anilines is 1. The largest absolute Gasteiger partial charge is 0.449 e. The summed E-state index contributed by atoms with van der Waals surface area (Å²) in [6.07, 6.45) is 5.26. The molecule has 2 rings (SSSR count). The summed E-state index contributed by atoms with van der Waals surface area (Å²) in [7, 11) is 0. The Kier molecular flexibility index (Phi) is 7.72. The molecule has 2 aromatic heterocycles. The zero-order valence-corrected chi connectivity index (χ0v) is 16.8. The van der Waals surface area contributed by atoms with Crippen LogP contribution in [0.5, 0.6) is 0 Å². The van der Waals surface area contributed by atoms with Gasteiger partial charge in [-0.3, -0.25) is 5.32 Å². The molecule has 2 heterocycles. The van der Waals surface area contributed by atoms with Crippen molar-refractivity contribution >= 4 is 35.1 Å². The monoisotopic (exact) mass is 398 g/mol. The Hall–Kier alpha value is -1.79. The number of hydrogen-bond donors (Lipinski definition) is 1. The maximum absolute atomic E-state index is 12.2. The number of carbonyl (C=O) groups excluding carboxylic acids is 1. The summed E-state index contributed by atoms with van der Waals surface area (Å²) < 4.78 is 6.84. The van der Waals surface area contributed by atoms with E-state index in [4.69, 9.17) is 27.9 Å². The van der Waals surface area contributed by atoms with E-state index >= 15 is 0 Å². The van der Waals surface area contributed by atoms with Crippen molar-refractivity contribution in [3.05, 3.63) is 34.1 Å². The molecule has 1 atom stereocenters. The van der Waals surface area contributed by atoms with E-state index < -0.39 is 6.09 Å². The Labute approximate surface area is 163 Å². The maximum atomic E-state index is 12.2. The lowest BCUT2D eigenvalue weighted by Gasteiger charge is -2.15. The van der Waals surface area contributed by atoms with Gasteiger partial charge in [-0.1, -0.05) is 56.3 Å². The summed E-state index contributed by atoms with van der Waals surface area (Å²) in [6, 6.07) is 3.30. The van der Waals surface area contributed by atoms with Gasteiger partial charge in [0.15, 0.2) is 5.82 Å². The summed E-state index contributed by atoms with van der Waals surface area (Å²) in [5.41, 5.74) is 0.711. The molecule has 2 aromatic rings. The number of pyridine rings is 1. The van der Waals surface area contributed by atoms with Gasteiger partial charge in [-0.15, -0.1) is 0 Å². The number of nitrogens with one attached hydrogen (secondary N) is 1. The number of hydrogen-bond acceptors (Lipinski definition) is 4. The molecule has 0 spiro atoms. The molecule has 0 radical (unpaired) electrons. The van der Waals surface area contributed by atoms with Crippen LogP contribution < -0.4 is 5.32 Å². The van der Waals surface area contributed by atoms with Crippen LogP contribution >= 0.6 is 23.2 Å². The standard InChI is InChI=1S/C18H24Cl2N4O2/c1-4-6-7-13(5-2)11-26-18(25)22-16-8-12(3)23-24(16)17-15(20)9-14(19)10-21-17/h8-10,13H,4-7,11H2,1-3H3,(H,22,25). The molecule has 0 aromatic carbocycles. The second-order valence-corrected chi connectivity index (χ2v) is 7.03. The minimum atomic E-state index is -0.522. The van der Waals surface area contributed by atoms with Gasteiger partial charge in [0, 0.05) is 12.3 Å². The second kappa shape index (κ2) is 9.78. The molecule has 0 saturated heterocycles. The van der Waals surface area contributed by atoms with Crippen LogP contribution in [0.25, 0.3) is 5.82 Å². The number of carbonyl (C=O) groups is 1. The molecular formula is C18H24Cl2N4O2. The molecule has 0 aliphatic rings. The van der Waals surface area contributed by atoms with Crippen LogP contribution in [0.2, 0.25) is 10.0 Å². The Bertz CT molecular complexity index is 749. The molecule has 26 heavy (non-hydrogen) atoms. The van der Waals surface area contributed by atoms with Crippen LogP contribution in [0.3, 0.4) is 0 Å². The van der Waals surface area contributed by atoms with Crippen molar-refractivity contribution in [1.82, 2.24) is 14.8 Å². The predicted molar refractivity (Wildman–Crippen MR) is 104 cm³/mol. The number of unbranched alkanes of at least 4 members (excludes halogenated alkanes) is 1. The lowest BCUT2D eigenvalue weighted by Crippen LogP contribution is -2.20. The molecule has 142 valence electrons. The number of aryl methyl sites for hydroxylation is 1. The zero-order chi connectivity index (χ0) is 19.1. The van der Waals surface area contributed by atoms with E-state index in [2.05, 4.69) is 29.2 Å². The highest BCUT2D eigenvalue weighted by molar-refractivity contribution is 6.35. The minimum Gasteiger partial charge on any atom is -0.449 e. The molecule has 1 unspecified atom stereocenters. The van der Waals surface area contributed by atoms with Crippen LogP contribution in [0.1, 0.15) is 45.2 Å². The van der Waals surface area contributed by atoms with Crippen LogP contribution in [-0.4, -0.2) is 27.5 Å². The van der Waals surface area contributed by atoms with E-state index in [9.17, 15) is 4.79 Å². The van der Waals surface area contributed by atoms with Crippen molar-refractivity contribution in [2.45, 2.75) is 46.5 Å². The zero-order valence-electron chi connectivity index (χ0n) is 15.3. The normalized spacial score (nSPS) is 12.0. The van der Waals surface area contributed by atoms with Crippen LogP contribution in [-0.2, 0) is 4.74 Å². The number of halogens is 2. The molecule has 0 aliphatic carbocycles. The summed E-state index contributed by atoms with van der Waals surface area (Å²) in [6.45, 7) is 6.47. The Balaban J connectivity index is 2.06. The minimum absolute atomic E-state index is 0.336. The third kappa shape index (κ3) is 5.61. The quantitative estimate of drug-likeness (QED) is 0.623. The van der Waals surface area contributed by atoms with Crippen LogP contribution in [0, 0.1) is 12.8 Å². The maximum Gasteiger partial charge on any atom is 0.412 e. The number of amides is 1. The van der Waals surface area contributed by atoms with Crippen LogP contribution in [0.15, 0.2) is 18.3 Å². The Morgan fingerprint density at radius 1 is 1.35 bits per heavy atom. The average molecular weight is 399 g/mol. The molecule has 1 amide bonds. The fourth-order valence-electron chi connectivity index (χ4n) is 2.55. The average Bonchev–Trinajstić information content (AvgIpc) is 2.95. The molecule has 0 aliphatic heterocycles. The van der Waals surface area contributed by atoms with Gasteiger partial charge in [0.25, 0.3) is 0 Å². The summed E-state index contributed by atoms with van der Waals surface area (Å²) >= 11 is 12.1. The van der Waals surface area contributed by atoms with E-state index in [1.54, 1.807) is 12.1 Å². The SMILES string of the molecule is CCCCC(CC)COC(=O)Nc1cc(C)nn1-c1ncc(Cl)cc1Cl. The van der Waals surface area contributed by atoms with Gasteiger partial charge in [0.2, 0.25) is 0 Å². The van der Waals surface area contributed by atoms with Gasteiger partial charge in [-0.05, 0) is 25.3 Å². The van der Waals surface area contributed by atoms with Gasteiger partial charge < -0.3 is 4.74 Å². The van der Waals surface area contributed by atoms with Gasteiger partial charge in [0.1, 0.15) is 5.82 Å². The highest BCUT2D eigenvalue weighted by atomic mass is 35.5. The van der Waals surface area contributed by atoms with Crippen molar-refractivity contribution in [3.8, 4) is 5.82 Å². The van der Waals surface area contributed by atoms with E-state index in [-0.39, 0.29) is 0 Å². The highest BCUT2D eigenvalue weighted by Crippen LogP contribution is 2.25.